The lowest BCUT2D eigenvalue weighted by atomic mass is 10.00. The molecule has 0 aromatic heterocycles. The minimum Gasteiger partial charge on any atom is -0.369 e. The molecule has 24 heavy (non-hydrogen) atoms. The second kappa shape index (κ2) is 8.99. The molecule has 2 rings (SSSR count). The monoisotopic (exact) mass is 378 g/mol. The molecule has 2 heterocycles. The summed E-state index contributed by atoms with van der Waals surface area (Å²) in [5.41, 5.74) is -0.489. The molecule has 6 nitrogen and oxygen atoms in total. The van der Waals surface area contributed by atoms with Crippen LogP contribution in [0.5, 0.6) is 0 Å². The SMILES string of the molecule is CC1CN=C(CC(C)(C)N=NC(C)(C)CC2=NCC(C)N2)N1.Cl.Cl. The molecule has 0 spiro atoms. The highest BCUT2D eigenvalue weighted by atomic mass is 35.5. The first-order valence-corrected chi connectivity index (χ1v) is 8.19. The number of azo groups is 1. The van der Waals surface area contributed by atoms with Crippen LogP contribution in [0.4, 0.5) is 0 Å². The molecule has 2 aliphatic heterocycles. The number of amidine groups is 2. The summed E-state index contributed by atoms with van der Waals surface area (Å²) in [6, 6.07) is 0.875. The summed E-state index contributed by atoms with van der Waals surface area (Å²) in [4.78, 5) is 9.03. The summed E-state index contributed by atoms with van der Waals surface area (Å²) in [6.45, 7) is 14.4. The fourth-order valence-corrected chi connectivity index (χ4v) is 2.62. The Bertz CT molecular complexity index is 455. The van der Waals surface area contributed by atoms with Gasteiger partial charge < -0.3 is 10.6 Å². The Morgan fingerprint density at radius 1 is 0.833 bits per heavy atom. The van der Waals surface area contributed by atoms with Crippen molar-refractivity contribution < 1.29 is 0 Å². The molecule has 2 atom stereocenters. The van der Waals surface area contributed by atoms with Crippen LogP contribution < -0.4 is 10.6 Å². The van der Waals surface area contributed by atoms with E-state index in [0.29, 0.717) is 12.1 Å². The third-order valence-corrected chi connectivity index (χ3v) is 3.73. The van der Waals surface area contributed by atoms with Gasteiger partial charge in [0, 0.05) is 24.9 Å². The molecule has 0 saturated carbocycles. The van der Waals surface area contributed by atoms with Crippen LogP contribution in [0.15, 0.2) is 20.2 Å². The Morgan fingerprint density at radius 3 is 1.42 bits per heavy atom. The van der Waals surface area contributed by atoms with Crippen molar-refractivity contribution in [1.82, 2.24) is 10.6 Å². The van der Waals surface area contributed by atoms with E-state index in [1.54, 1.807) is 0 Å². The highest BCUT2D eigenvalue weighted by Gasteiger charge is 2.27. The largest absolute Gasteiger partial charge is 0.369 e. The third-order valence-electron chi connectivity index (χ3n) is 3.73. The number of hydrogen-bond acceptors (Lipinski definition) is 6. The normalized spacial score (nSPS) is 23.8. The predicted octanol–water partition coefficient (Wildman–Crippen LogP) is 3.40. The summed E-state index contributed by atoms with van der Waals surface area (Å²) in [7, 11) is 0. The van der Waals surface area contributed by atoms with Crippen LogP contribution in [0.2, 0.25) is 0 Å². The van der Waals surface area contributed by atoms with Crippen molar-refractivity contribution in [2.75, 3.05) is 13.1 Å². The van der Waals surface area contributed by atoms with Crippen LogP contribution in [0.3, 0.4) is 0 Å². The zero-order valence-corrected chi connectivity index (χ0v) is 17.2. The van der Waals surface area contributed by atoms with Crippen LogP contribution in [0.1, 0.15) is 54.4 Å². The van der Waals surface area contributed by atoms with E-state index in [1.807, 2.05) is 0 Å². The van der Waals surface area contributed by atoms with Crippen LogP contribution in [0, 0.1) is 0 Å². The van der Waals surface area contributed by atoms with Crippen LogP contribution in [0.25, 0.3) is 0 Å². The van der Waals surface area contributed by atoms with Crippen molar-refractivity contribution in [1.29, 1.82) is 0 Å². The molecular weight excluding hydrogens is 347 g/mol. The van der Waals surface area contributed by atoms with Crippen LogP contribution in [-0.4, -0.2) is 47.9 Å². The van der Waals surface area contributed by atoms with Gasteiger partial charge in [-0.05, 0) is 41.5 Å². The maximum absolute atomic E-state index is 4.60. The van der Waals surface area contributed by atoms with Gasteiger partial charge in [-0.15, -0.1) is 24.8 Å². The molecule has 0 fully saturated rings. The molecule has 2 unspecified atom stereocenters. The van der Waals surface area contributed by atoms with E-state index in [4.69, 9.17) is 0 Å². The average molecular weight is 379 g/mol. The molecule has 0 amide bonds. The van der Waals surface area contributed by atoms with Gasteiger partial charge in [0.05, 0.1) is 35.8 Å². The molecule has 2 aliphatic rings. The zero-order valence-electron chi connectivity index (χ0n) is 15.6. The number of nitrogens with zero attached hydrogens (tertiary/aromatic N) is 4. The highest BCUT2D eigenvalue weighted by Crippen LogP contribution is 2.23. The van der Waals surface area contributed by atoms with Crippen molar-refractivity contribution in [3.05, 3.63) is 0 Å². The van der Waals surface area contributed by atoms with Gasteiger partial charge in [-0.3, -0.25) is 9.98 Å². The van der Waals surface area contributed by atoms with Gasteiger partial charge in [-0.1, -0.05) is 0 Å². The second-order valence-electron chi connectivity index (χ2n) is 7.84. The average Bonchev–Trinajstić information content (AvgIpc) is 2.96. The molecule has 0 aromatic rings. The van der Waals surface area contributed by atoms with E-state index in [1.165, 1.54) is 0 Å². The molecule has 0 aromatic carbocycles. The van der Waals surface area contributed by atoms with E-state index in [-0.39, 0.29) is 35.9 Å². The van der Waals surface area contributed by atoms with E-state index >= 15 is 0 Å². The minimum absolute atomic E-state index is 0. The zero-order chi connectivity index (χ0) is 16.4. The molecule has 140 valence electrons. The lowest BCUT2D eigenvalue weighted by Gasteiger charge is -2.23. The summed E-state index contributed by atoms with van der Waals surface area (Å²) < 4.78 is 0. The maximum Gasteiger partial charge on any atom is 0.0991 e. The van der Waals surface area contributed by atoms with E-state index in [9.17, 15) is 0 Å². The van der Waals surface area contributed by atoms with Crippen molar-refractivity contribution in [3.63, 3.8) is 0 Å². The van der Waals surface area contributed by atoms with Crippen molar-refractivity contribution in [2.45, 2.75) is 77.5 Å². The Morgan fingerprint density at radius 2 is 1.17 bits per heavy atom. The molecule has 8 heteroatoms. The quantitative estimate of drug-likeness (QED) is 0.694. The van der Waals surface area contributed by atoms with Gasteiger partial charge in [-0.25, -0.2) is 0 Å². The standard InChI is InChI=1S/C16H30N6.2ClH/c1-11-9-17-13(19-11)7-15(3,4)21-22-16(5,6)8-14-18-10-12(2)20-14;;/h11-12H,7-10H2,1-6H3,(H,17,19)(H,18,20);2*1H. The summed E-state index contributed by atoms with van der Waals surface area (Å²) in [6.07, 6.45) is 1.60. The number of halogens is 2. The fraction of sp³-hybridized carbons (Fsp3) is 0.875. The van der Waals surface area contributed by atoms with Crippen molar-refractivity contribution in [2.24, 2.45) is 20.2 Å². The number of hydrogen-bond donors (Lipinski definition) is 2. The van der Waals surface area contributed by atoms with Gasteiger partial charge in [-0.2, -0.15) is 10.2 Å². The topological polar surface area (TPSA) is 73.5 Å². The molecule has 0 bridgehead atoms. The summed E-state index contributed by atoms with van der Waals surface area (Å²) in [5.74, 6) is 2.09. The van der Waals surface area contributed by atoms with Crippen molar-refractivity contribution >= 4 is 36.5 Å². The molecule has 2 N–H and O–H groups in total. The highest BCUT2D eigenvalue weighted by molar-refractivity contribution is 5.86. The van der Waals surface area contributed by atoms with Gasteiger partial charge in [0.25, 0.3) is 0 Å². The Kier molecular flexibility index (Phi) is 8.67. The van der Waals surface area contributed by atoms with E-state index in [0.717, 1.165) is 37.6 Å². The minimum atomic E-state index is -0.245. The number of nitrogens with one attached hydrogen (secondary N) is 2. The fourth-order valence-electron chi connectivity index (χ4n) is 2.62. The molecule has 0 saturated heterocycles. The van der Waals surface area contributed by atoms with E-state index < -0.39 is 0 Å². The molecule has 0 radical (unpaired) electrons. The van der Waals surface area contributed by atoms with Gasteiger partial charge in [0.2, 0.25) is 0 Å². The van der Waals surface area contributed by atoms with Crippen molar-refractivity contribution in [3.8, 4) is 0 Å². The second-order valence-corrected chi connectivity index (χ2v) is 7.84. The maximum atomic E-state index is 4.60. The Labute approximate surface area is 158 Å². The first-order valence-electron chi connectivity index (χ1n) is 8.19. The summed E-state index contributed by atoms with van der Waals surface area (Å²) >= 11 is 0. The molecular formula is C16H32Cl2N6. The van der Waals surface area contributed by atoms with Crippen LogP contribution >= 0.6 is 24.8 Å². The summed E-state index contributed by atoms with van der Waals surface area (Å²) in [5, 5.41) is 16.0. The molecule has 0 aliphatic carbocycles. The lowest BCUT2D eigenvalue weighted by molar-refractivity contribution is 0.432. The Hall–Kier alpha value is -0.880. The van der Waals surface area contributed by atoms with Gasteiger partial charge in [0.15, 0.2) is 0 Å². The first-order chi connectivity index (χ1) is 10.2. The van der Waals surface area contributed by atoms with Gasteiger partial charge in [0.1, 0.15) is 0 Å². The first kappa shape index (κ1) is 23.1. The smallest absolute Gasteiger partial charge is 0.0991 e. The third kappa shape index (κ3) is 7.34. The number of rotatable bonds is 6. The van der Waals surface area contributed by atoms with Crippen LogP contribution in [-0.2, 0) is 0 Å². The van der Waals surface area contributed by atoms with E-state index in [2.05, 4.69) is 72.4 Å². The lowest BCUT2D eigenvalue weighted by Crippen LogP contribution is -2.34. The Balaban J connectivity index is 0.00000264. The van der Waals surface area contributed by atoms with Gasteiger partial charge >= 0.3 is 0 Å². The predicted molar refractivity (Wildman–Crippen MR) is 107 cm³/mol. The number of aliphatic imine (C=N–C) groups is 2.